The van der Waals surface area contributed by atoms with Crippen LogP contribution >= 0.6 is 0 Å². The van der Waals surface area contributed by atoms with Crippen LogP contribution < -0.4 is 0 Å². The minimum atomic E-state index is -0.743. The van der Waals surface area contributed by atoms with E-state index in [4.69, 9.17) is 14.6 Å². The van der Waals surface area contributed by atoms with Crippen molar-refractivity contribution in [2.24, 2.45) is 0 Å². The smallest absolute Gasteiger partial charge is 0.410 e. The van der Waals surface area contributed by atoms with Crippen LogP contribution in [0.1, 0.15) is 40.5 Å². The molecule has 0 saturated carbocycles. The van der Waals surface area contributed by atoms with Crippen LogP contribution in [0.5, 0.6) is 0 Å². The Morgan fingerprint density at radius 3 is 2.29 bits per heavy atom. The molecule has 100 valence electrons. The molecule has 0 aliphatic carbocycles. The van der Waals surface area contributed by atoms with Crippen LogP contribution in [0.2, 0.25) is 0 Å². The zero-order chi connectivity index (χ0) is 13.1. The maximum Gasteiger partial charge on any atom is 0.410 e. The number of piperidine rings is 1. The number of amides is 1. The first-order chi connectivity index (χ1) is 7.78. The maximum atomic E-state index is 11.8. The topological polar surface area (TPSA) is 59.0 Å². The predicted molar refractivity (Wildman–Crippen MR) is 63.6 cm³/mol. The lowest BCUT2D eigenvalue weighted by atomic mass is 10.1. The van der Waals surface area contributed by atoms with Crippen molar-refractivity contribution in [1.82, 2.24) is 4.90 Å². The minimum absolute atomic E-state index is 0.0358. The average Bonchev–Trinajstić information content (AvgIpc) is 2.15. The van der Waals surface area contributed by atoms with Gasteiger partial charge in [-0.3, -0.25) is 0 Å². The summed E-state index contributed by atoms with van der Waals surface area (Å²) in [6.45, 7) is 8.40. The third kappa shape index (κ3) is 5.37. The van der Waals surface area contributed by atoms with E-state index in [9.17, 15) is 4.79 Å². The SMILES string of the molecule is CC(O)OC1CCN(C(=O)OC(C)(C)C)CC1. The molecule has 1 amide bonds. The standard InChI is InChI=1S/C12H23NO4/c1-9(14)16-10-5-7-13(8-6-10)11(15)17-12(2,3)4/h9-10,14H,5-8H2,1-4H3. The second-order valence-corrected chi connectivity index (χ2v) is 5.40. The Morgan fingerprint density at radius 1 is 1.35 bits per heavy atom. The van der Waals surface area contributed by atoms with E-state index in [-0.39, 0.29) is 12.2 Å². The fourth-order valence-electron chi connectivity index (χ4n) is 1.78. The van der Waals surface area contributed by atoms with E-state index in [1.165, 1.54) is 0 Å². The molecule has 1 N–H and O–H groups in total. The fourth-order valence-corrected chi connectivity index (χ4v) is 1.78. The van der Waals surface area contributed by atoms with Crippen molar-refractivity contribution in [3.8, 4) is 0 Å². The second kappa shape index (κ2) is 5.69. The van der Waals surface area contributed by atoms with Crippen molar-refractivity contribution in [2.45, 2.75) is 58.5 Å². The van der Waals surface area contributed by atoms with Crippen molar-refractivity contribution in [3.63, 3.8) is 0 Å². The van der Waals surface area contributed by atoms with Crippen LogP contribution in [0, 0.1) is 0 Å². The Bertz CT molecular complexity index is 252. The van der Waals surface area contributed by atoms with Gasteiger partial charge in [-0.25, -0.2) is 4.79 Å². The van der Waals surface area contributed by atoms with Crippen molar-refractivity contribution in [1.29, 1.82) is 0 Å². The van der Waals surface area contributed by atoms with Crippen LogP contribution in [0.4, 0.5) is 4.79 Å². The summed E-state index contributed by atoms with van der Waals surface area (Å²) in [5, 5.41) is 9.11. The summed E-state index contributed by atoms with van der Waals surface area (Å²) in [7, 11) is 0. The summed E-state index contributed by atoms with van der Waals surface area (Å²) in [4.78, 5) is 13.4. The van der Waals surface area contributed by atoms with E-state index < -0.39 is 11.9 Å². The second-order valence-electron chi connectivity index (χ2n) is 5.40. The fraction of sp³-hybridized carbons (Fsp3) is 0.917. The number of likely N-dealkylation sites (tertiary alicyclic amines) is 1. The number of nitrogens with zero attached hydrogens (tertiary/aromatic N) is 1. The van der Waals surface area contributed by atoms with E-state index in [1.54, 1.807) is 11.8 Å². The van der Waals surface area contributed by atoms with Gasteiger partial charge in [-0.15, -0.1) is 0 Å². The number of rotatable bonds is 2. The van der Waals surface area contributed by atoms with Crippen molar-refractivity contribution in [3.05, 3.63) is 0 Å². The highest BCUT2D eigenvalue weighted by Crippen LogP contribution is 2.17. The summed E-state index contributed by atoms with van der Waals surface area (Å²) >= 11 is 0. The summed E-state index contributed by atoms with van der Waals surface area (Å²) in [6.07, 6.45) is 0.503. The number of aliphatic hydroxyl groups is 1. The summed E-state index contributed by atoms with van der Waals surface area (Å²) in [5.41, 5.74) is -0.454. The lowest BCUT2D eigenvalue weighted by Crippen LogP contribution is -2.44. The number of carbonyl (C=O) groups excluding carboxylic acids is 1. The lowest BCUT2D eigenvalue weighted by molar-refractivity contribution is -0.135. The highest BCUT2D eigenvalue weighted by atomic mass is 16.6. The molecule has 1 unspecified atom stereocenters. The molecule has 1 rings (SSSR count). The van der Waals surface area contributed by atoms with E-state index in [0.717, 1.165) is 12.8 Å². The molecule has 0 radical (unpaired) electrons. The Morgan fingerprint density at radius 2 is 1.88 bits per heavy atom. The molecule has 0 aromatic rings. The molecule has 1 saturated heterocycles. The van der Waals surface area contributed by atoms with Gasteiger partial charge in [-0.2, -0.15) is 0 Å². The molecule has 0 aromatic carbocycles. The molecule has 0 aromatic heterocycles. The van der Waals surface area contributed by atoms with Crippen LogP contribution in [-0.4, -0.2) is 47.2 Å². The summed E-state index contributed by atoms with van der Waals surface area (Å²) < 4.78 is 10.6. The molecule has 1 atom stereocenters. The number of hydrogen-bond donors (Lipinski definition) is 1. The van der Waals surface area contributed by atoms with Crippen molar-refractivity contribution < 1.29 is 19.4 Å². The lowest BCUT2D eigenvalue weighted by Gasteiger charge is -2.33. The van der Waals surface area contributed by atoms with Gasteiger partial charge in [-0.05, 0) is 40.5 Å². The van der Waals surface area contributed by atoms with Gasteiger partial charge in [0.05, 0.1) is 6.10 Å². The Hall–Kier alpha value is -0.810. The van der Waals surface area contributed by atoms with E-state index in [1.807, 2.05) is 20.8 Å². The van der Waals surface area contributed by atoms with Crippen LogP contribution in [0.25, 0.3) is 0 Å². The third-order valence-electron chi connectivity index (χ3n) is 2.48. The normalized spacial score (nSPS) is 20.2. The largest absolute Gasteiger partial charge is 0.444 e. The Kier molecular flexibility index (Phi) is 4.77. The number of aliphatic hydroxyl groups excluding tert-OH is 1. The van der Waals surface area contributed by atoms with Crippen molar-refractivity contribution >= 4 is 6.09 Å². The molecular weight excluding hydrogens is 222 g/mol. The number of carbonyl (C=O) groups is 1. The first kappa shape index (κ1) is 14.3. The predicted octanol–water partition coefficient (Wildman–Crippen LogP) is 1.74. The first-order valence-corrected chi connectivity index (χ1v) is 6.09. The van der Waals surface area contributed by atoms with E-state index in [0.29, 0.717) is 13.1 Å². The summed E-state index contributed by atoms with van der Waals surface area (Å²) in [5.74, 6) is 0. The van der Waals surface area contributed by atoms with E-state index in [2.05, 4.69) is 0 Å². The Balaban J connectivity index is 2.34. The number of ether oxygens (including phenoxy) is 2. The molecule has 1 aliphatic heterocycles. The zero-order valence-electron chi connectivity index (χ0n) is 11.1. The Labute approximate surface area is 103 Å². The summed E-state index contributed by atoms with van der Waals surface area (Å²) in [6, 6.07) is 0. The molecule has 17 heavy (non-hydrogen) atoms. The van der Waals surface area contributed by atoms with Gasteiger partial charge >= 0.3 is 6.09 Å². The van der Waals surface area contributed by atoms with E-state index >= 15 is 0 Å². The first-order valence-electron chi connectivity index (χ1n) is 6.09. The van der Waals surface area contributed by atoms with Gasteiger partial charge in [0.25, 0.3) is 0 Å². The molecule has 1 heterocycles. The van der Waals surface area contributed by atoms with Crippen molar-refractivity contribution in [2.75, 3.05) is 13.1 Å². The van der Waals surface area contributed by atoms with Crippen LogP contribution in [0.3, 0.4) is 0 Å². The average molecular weight is 245 g/mol. The maximum absolute atomic E-state index is 11.8. The van der Waals surface area contributed by atoms with Gasteiger partial charge in [0.15, 0.2) is 6.29 Å². The third-order valence-corrected chi connectivity index (χ3v) is 2.48. The minimum Gasteiger partial charge on any atom is -0.444 e. The molecule has 1 aliphatic rings. The molecule has 0 bridgehead atoms. The molecule has 5 nitrogen and oxygen atoms in total. The molecular formula is C12H23NO4. The van der Waals surface area contributed by atoms with Gasteiger partial charge < -0.3 is 19.5 Å². The molecule has 0 spiro atoms. The zero-order valence-corrected chi connectivity index (χ0v) is 11.1. The van der Waals surface area contributed by atoms with Gasteiger partial charge in [0.2, 0.25) is 0 Å². The van der Waals surface area contributed by atoms with Crippen LogP contribution in [-0.2, 0) is 9.47 Å². The van der Waals surface area contributed by atoms with Gasteiger partial charge in [-0.1, -0.05) is 0 Å². The number of hydrogen-bond acceptors (Lipinski definition) is 4. The van der Waals surface area contributed by atoms with Gasteiger partial charge in [0, 0.05) is 13.1 Å². The van der Waals surface area contributed by atoms with Gasteiger partial charge in [0.1, 0.15) is 5.60 Å². The van der Waals surface area contributed by atoms with Crippen LogP contribution in [0.15, 0.2) is 0 Å². The highest BCUT2D eigenvalue weighted by molar-refractivity contribution is 5.68. The highest BCUT2D eigenvalue weighted by Gasteiger charge is 2.27. The monoisotopic (exact) mass is 245 g/mol. The molecule has 1 fully saturated rings. The molecule has 5 heteroatoms. The quantitative estimate of drug-likeness (QED) is 0.753.